The van der Waals surface area contributed by atoms with Crippen molar-refractivity contribution < 1.29 is 4.79 Å². The van der Waals surface area contributed by atoms with Gasteiger partial charge in [-0.2, -0.15) is 0 Å². The molecular formula is C13H24N2O. The molecule has 92 valence electrons. The molecule has 2 aliphatic rings. The molecule has 0 saturated heterocycles. The molecule has 0 aliphatic heterocycles. The normalized spacial score (nSPS) is 25.4. The molecule has 0 heterocycles. The van der Waals surface area contributed by atoms with Gasteiger partial charge in [-0.25, -0.2) is 0 Å². The van der Waals surface area contributed by atoms with Gasteiger partial charge in [0.05, 0.1) is 0 Å². The molecule has 3 heteroatoms. The summed E-state index contributed by atoms with van der Waals surface area (Å²) < 4.78 is 0. The zero-order valence-electron chi connectivity index (χ0n) is 10.3. The van der Waals surface area contributed by atoms with Crippen LogP contribution in [-0.4, -0.2) is 19.0 Å². The van der Waals surface area contributed by atoms with Gasteiger partial charge >= 0.3 is 0 Å². The van der Waals surface area contributed by atoms with E-state index in [-0.39, 0.29) is 16.7 Å². The highest BCUT2D eigenvalue weighted by molar-refractivity contribution is 5.82. The highest BCUT2D eigenvalue weighted by Gasteiger charge is 2.44. The van der Waals surface area contributed by atoms with Gasteiger partial charge in [-0.05, 0) is 44.1 Å². The lowest BCUT2D eigenvalue weighted by Crippen LogP contribution is -2.42. The first kappa shape index (κ1) is 11.9. The Kier molecular flexibility index (Phi) is 3.24. The third kappa shape index (κ3) is 2.10. The predicted molar refractivity (Wildman–Crippen MR) is 64.9 cm³/mol. The molecule has 0 aromatic heterocycles. The number of carbonyl (C=O) groups excluding carboxylic acids is 1. The Hall–Kier alpha value is -0.570. The van der Waals surface area contributed by atoms with E-state index in [4.69, 9.17) is 5.73 Å². The second kappa shape index (κ2) is 4.36. The van der Waals surface area contributed by atoms with E-state index < -0.39 is 0 Å². The average Bonchev–Trinajstić information content (AvgIpc) is 2.94. The molecule has 0 radical (unpaired) electrons. The first-order valence-electron chi connectivity index (χ1n) is 6.65. The molecule has 3 nitrogen and oxygen atoms in total. The first-order chi connectivity index (χ1) is 7.66. The van der Waals surface area contributed by atoms with E-state index in [0.29, 0.717) is 6.54 Å². The van der Waals surface area contributed by atoms with Crippen molar-refractivity contribution in [1.29, 1.82) is 0 Å². The molecule has 1 amide bonds. The molecule has 3 N–H and O–H groups in total. The van der Waals surface area contributed by atoms with Gasteiger partial charge in [0.25, 0.3) is 0 Å². The minimum Gasteiger partial charge on any atom is -0.355 e. The van der Waals surface area contributed by atoms with Gasteiger partial charge in [0.2, 0.25) is 5.91 Å². The maximum absolute atomic E-state index is 12.2. The minimum atomic E-state index is -0.0509. The molecule has 0 aromatic carbocycles. The number of nitrogens with one attached hydrogen (secondary N) is 1. The number of hydrogen-bond acceptors (Lipinski definition) is 2. The molecule has 2 saturated carbocycles. The standard InChI is InChI=1S/C13H24N2O/c1-2-13(5-3-4-6-13)11(16)15-10-12(9-14)7-8-12/h2-10,14H2,1H3,(H,15,16). The molecule has 2 rings (SSSR count). The van der Waals surface area contributed by atoms with Gasteiger partial charge in [-0.1, -0.05) is 19.8 Å². The topological polar surface area (TPSA) is 55.1 Å². The van der Waals surface area contributed by atoms with Crippen LogP contribution in [0.3, 0.4) is 0 Å². The van der Waals surface area contributed by atoms with Gasteiger partial charge in [-0.15, -0.1) is 0 Å². The third-order valence-electron chi connectivity index (χ3n) is 4.73. The fraction of sp³-hybridized carbons (Fsp3) is 0.923. The maximum atomic E-state index is 12.2. The van der Waals surface area contributed by atoms with Gasteiger partial charge in [0.1, 0.15) is 0 Å². The summed E-state index contributed by atoms with van der Waals surface area (Å²) in [4.78, 5) is 12.2. The van der Waals surface area contributed by atoms with Crippen LogP contribution in [0.25, 0.3) is 0 Å². The molecule has 0 atom stereocenters. The van der Waals surface area contributed by atoms with Crippen molar-refractivity contribution in [2.75, 3.05) is 13.1 Å². The van der Waals surface area contributed by atoms with Crippen LogP contribution in [0.2, 0.25) is 0 Å². The van der Waals surface area contributed by atoms with E-state index in [0.717, 1.165) is 25.8 Å². The van der Waals surface area contributed by atoms with Crippen molar-refractivity contribution in [3.8, 4) is 0 Å². The Morgan fingerprint density at radius 3 is 2.31 bits per heavy atom. The van der Waals surface area contributed by atoms with Crippen LogP contribution in [0.15, 0.2) is 0 Å². The Balaban J connectivity index is 1.87. The van der Waals surface area contributed by atoms with Crippen LogP contribution in [0, 0.1) is 10.8 Å². The van der Waals surface area contributed by atoms with Crippen molar-refractivity contribution in [2.45, 2.75) is 51.9 Å². The number of amides is 1. The maximum Gasteiger partial charge on any atom is 0.226 e. The van der Waals surface area contributed by atoms with Crippen LogP contribution < -0.4 is 11.1 Å². The molecule has 0 unspecified atom stereocenters. The van der Waals surface area contributed by atoms with Crippen LogP contribution in [0.4, 0.5) is 0 Å². The van der Waals surface area contributed by atoms with Gasteiger partial charge in [-0.3, -0.25) is 4.79 Å². The highest BCUT2D eigenvalue weighted by Crippen LogP contribution is 2.45. The lowest BCUT2D eigenvalue weighted by atomic mass is 9.82. The molecule has 2 aliphatic carbocycles. The number of carbonyl (C=O) groups is 1. The van der Waals surface area contributed by atoms with E-state index in [1.54, 1.807) is 0 Å². The Morgan fingerprint density at radius 1 is 1.25 bits per heavy atom. The summed E-state index contributed by atoms with van der Waals surface area (Å²) in [6.07, 6.45) is 7.92. The van der Waals surface area contributed by atoms with Crippen molar-refractivity contribution in [3.63, 3.8) is 0 Å². The van der Waals surface area contributed by atoms with E-state index in [9.17, 15) is 4.79 Å². The van der Waals surface area contributed by atoms with Gasteiger partial charge < -0.3 is 11.1 Å². The molecule has 0 aromatic rings. The van der Waals surface area contributed by atoms with Gasteiger partial charge in [0, 0.05) is 12.0 Å². The van der Waals surface area contributed by atoms with Crippen LogP contribution in [0.5, 0.6) is 0 Å². The quantitative estimate of drug-likeness (QED) is 0.748. The summed E-state index contributed by atoms with van der Waals surface area (Å²) in [6, 6.07) is 0. The smallest absolute Gasteiger partial charge is 0.226 e. The third-order valence-corrected chi connectivity index (χ3v) is 4.73. The molecule has 2 fully saturated rings. The Morgan fingerprint density at radius 2 is 1.88 bits per heavy atom. The summed E-state index contributed by atoms with van der Waals surface area (Å²) in [7, 11) is 0. The van der Waals surface area contributed by atoms with E-state index in [1.165, 1.54) is 25.7 Å². The monoisotopic (exact) mass is 224 g/mol. The molecule has 0 spiro atoms. The summed E-state index contributed by atoms with van der Waals surface area (Å²) in [5.74, 6) is 0.284. The second-order valence-corrected chi connectivity index (χ2v) is 5.73. The Bertz CT molecular complexity index is 265. The Labute approximate surface area is 98.2 Å². The van der Waals surface area contributed by atoms with E-state index in [2.05, 4.69) is 12.2 Å². The molecule has 0 bridgehead atoms. The van der Waals surface area contributed by atoms with Crippen molar-refractivity contribution in [1.82, 2.24) is 5.32 Å². The summed E-state index contributed by atoms with van der Waals surface area (Å²) in [5, 5.41) is 3.15. The lowest BCUT2D eigenvalue weighted by molar-refractivity contribution is -0.131. The zero-order valence-corrected chi connectivity index (χ0v) is 10.3. The molecule has 16 heavy (non-hydrogen) atoms. The van der Waals surface area contributed by atoms with Crippen LogP contribution in [-0.2, 0) is 4.79 Å². The van der Waals surface area contributed by atoms with Crippen molar-refractivity contribution in [3.05, 3.63) is 0 Å². The number of nitrogens with two attached hydrogens (primary N) is 1. The summed E-state index contributed by atoms with van der Waals surface area (Å²) in [5.41, 5.74) is 5.92. The summed E-state index contributed by atoms with van der Waals surface area (Å²) >= 11 is 0. The number of hydrogen-bond donors (Lipinski definition) is 2. The predicted octanol–water partition coefficient (Wildman–Crippen LogP) is 1.81. The number of rotatable bonds is 5. The largest absolute Gasteiger partial charge is 0.355 e. The fourth-order valence-corrected chi connectivity index (χ4v) is 2.88. The fourth-order valence-electron chi connectivity index (χ4n) is 2.88. The SMILES string of the molecule is CCC1(C(=O)NCC2(CN)CC2)CCCC1. The minimum absolute atomic E-state index is 0.0509. The van der Waals surface area contributed by atoms with E-state index >= 15 is 0 Å². The zero-order chi connectivity index (χ0) is 11.6. The second-order valence-electron chi connectivity index (χ2n) is 5.73. The van der Waals surface area contributed by atoms with Crippen LogP contribution in [0.1, 0.15) is 51.9 Å². The van der Waals surface area contributed by atoms with Crippen LogP contribution >= 0.6 is 0 Å². The van der Waals surface area contributed by atoms with E-state index in [1.807, 2.05) is 0 Å². The summed E-state index contributed by atoms with van der Waals surface area (Å²) in [6.45, 7) is 3.65. The average molecular weight is 224 g/mol. The van der Waals surface area contributed by atoms with Crippen molar-refractivity contribution >= 4 is 5.91 Å². The molecular weight excluding hydrogens is 200 g/mol. The first-order valence-corrected chi connectivity index (χ1v) is 6.65. The highest BCUT2D eigenvalue weighted by atomic mass is 16.2. The lowest BCUT2D eigenvalue weighted by Gasteiger charge is -2.27. The van der Waals surface area contributed by atoms with Gasteiger partial charge in [0.15, 0.2) is 0 Å². The van der Waals surface area contributed by atoms with Crippen molar-refractivity contribution in [2.24, 2.45) is 16.6 Å².